The molecule has 6 heteroatoms. The van der Waals surface area contributed by atoms with E-state index in [1.165, 1.54) is 10.6 Å². The van der Waals surface area contributed by atoms with Crippen LogP contribution in [-0.2, 0) is 0 Å². The summed E-state index contributed by atoms with van der Waals surface area (Å²) in [6.45, 7) is 0. The molecule has 6 nitrogen and oxygen atoms in total. The van der Waals surface area contributed by atoms with Crippen LogP contribution in [0.25, 0.3) is 16.7 Å². The Morgan fingerprint density at radius 3 is 2.94 bits per heavy atom. The summed E-state index contributed by atoms with van der Waals surface area (Å²) in [5, 5.41) is 9.48. The lowest BCUT2D eigenvalue weighted by Crippen LogP contribution is -2.16. The molecular formula is C11H6N2O4. The van der Waals surface area contributed by atoms with Gasteiger partial charge in [0.1, 0.15) is 16.8 Å². The SMILES string of the molecule is O=c1cc(O)c2c(=O)n3ccccc3nc2o1. The molecule has 0 aromatic carbocycles. The molecule has 0 unspecified atom stereocenters. The van der Waals surface area contributed by atoms with Crippen molar-refractivity contribution in [1.29, 1.82) is 0 Å². The van der Waals surface area contributed by atoms with Crippen molar-refractivity contribution < 1.29 is 9.52 Å². The van der Waals surface area contributed by atoms with Crippen molar-refractivity contribution >= 4 is 16.7 Å². The van der Waals surface area contributed by atoms with E-state index in [0.717, 1.165) is 6.07 Å². The van der Waals surface area contributed by atoms with Crippen LogP contribution in [-0.4, -0.2) is 14.5 Å². The molecule has 17 heavy (non-hydrogen) atoms. The van der Waals surface area contributed by atoms with Gasteiger partial charge in [0.05, 0.1) is 6.07 Å². The molecule has 84 valence electrons. The molecule has 0 bridgehead atoms. The highest BCUT2D eigenvalue weighted by Crippen LogP contribution is 2.17. The topological polar surface area (TPSA) is 84.8 Å². The second kappa shape index (κ2) is 3.18. The van der Waals surface area contributed by atoms with E-state index in [1.54, 1.807) is 18.2 Å². The molecule has 0 aliphatic heterocycles. The number of aromatic hydroxyl groups is 1. The van der Waals surface area contributed by atoms with Crippen LogP contribution in [0.4, 0.5) is 0 Å². The average molecular weight is 230 g/mol. The van der Waals surface area contributed by atoms with E-state index in [-0.39, 0.29) is 11.1 Å². The van der Waals surface area contributed by atoms with Crippen LogP contribution in [0.2, 0.25) is 0 Å². The van der Waals surface area contributed by atoms with Crippen molar-refractivity contribution in [2.24, 2.45) is 0 Å². The summed E-state index contributed by atoms with van der Waals surface area (Å²) in [4.78, 5) is 27.1. The molecule has 1 N–H and O–H groups in total. The molecular weight excluding hydrogens is 224 g/mol. The first kappa shape index (κ1) is 9.59. The third-order valence-corrected chi connectivity index (χ3v) is 2.41. The second-order valence-corrected chi connectivity index (χ2v) is 3.48. The molecule has 0 amide bonds. The lowest BCUT2D eigenvalue weighted by Gasteiger charge is -2.02. The van der Waals surface area contributed by atoms with E-state index in [1.807, 2.05) is 0 Å². The van der Waals surface area contributed by atoms with Crippen LogP contribution in [0.5, 0.6) is 5.75 Å². The number of rotatable bonds is 0. The van der Waals surface area contributed by atoms with Crippen molar-refractivity contribution in [3.05, 3.63) is 51.2 Å². The second-order valence-electron chi connectivity index (χ2n) is 3.48. The van der Waals surface area contributed by atoms with Crippen molar-refractivity contribution in [3.63, 3.8) is 0 Å². The number of pyridine rings is 1. The Bertz CT molecular complexity index is 847. The monoisotopic (exact) mass is 230 g/mol. The van der Waals surface area contributed by atoms with Gasteiger partial charge in [0, 0.05) is 6.20 Å². The Kier molecular flexibility index (Phi) is 1.79. The van der Waals surface area contributed by atoms with Gasteiger partial charge in [-0.05, 0) is 12.1 Å². The quantitative estimate of drug-likeness (QED) is 0.568. The summed E-state index contributed by atoms with van der Waals surface area (Å²) >= 11 is 0. The summed E-state index contributed by atoms with van der Waals surface area (Å²) in [6.07, 6.45) is 1.52. The molecule has 3 heterocycles. The van der Waals surface area contributed by atoms with E-state index in [9.17, 15) is 14.7 Å². The number of hydrogen-bond donors (Lipinski definition) is 1. The maximum absolute atomic E-state index is 12.0. The average Bonchev–Trinajstić information content (AvgIpc) is 2.28. The zero-order valence-corrected chi connectivity index (χ0v) is 8.45. The van der Waals surface area contributed by atoms with Gasteiger partial charge in [-0.1, -0.05) is 6.07 Å². The van der Waals surface area contributed by atoms with Crippen LogP contribution >= 0.6 is 0 Å². The Balaban J connectivity index is 2.69. The first-order valence-corrected chi connectivity index (χ1v) is 4.81. The highest BCUT2D eigenvalue weighted by Gasteiger charge is 2.12. The van der Waals surface area contributed by atoms with Crippen LogP contribution in [0.15, 0.2) is 44.5 Å². The van der Waals surface area contributed by atoms with Crippen LogP contribution in [0.1, 0.15) is 0 Å². The van der Waals surface area contributed by atoms with E-state index in [2.05, 4.69) is 4.98 Å². The van der Waals surface area contributed by atoms with Crippen molar-refractivity contribution in [2.75, 3.05) is 0 Å². The van der Waals surface area contributed by atoms with Gasteiger partial charge in [-0.25, -0.2) is 4.79 Å². The lowest BCUT2D eigenvalue weighted by molar-refractivity contribution is 0.465. The van der Waals surface area contributed by atoms with Gasteiger partial charge in [0.2, 0.25) is 5.71 Å². The summed E-state index contributed by atoms with van der Waals surface area (Å²) in [7, 11) is 0. The molecule has 3 rings (SSSR count). The minimum atomic E-state index is -0.748. The molecule has 3 aromatic heterocycles. The van der Waals surface area contributed by atoms with Crippen LogP contribution < -0.4 is 11.2 Å². The van der Waals surface area contributed by atoms with Gasteiger partial charge >= 0.3 is 5.63 Å². The highest BCUT2D eigenvalue weighted by atomic mass is 16.4. The van der Waals surface area contributed by atoms with Crippen molar-refractivity contribution in [1.82, 2.24) is 9.38 Å². The molecule has 0 atom stereocenters. The number of aromatic nitrogens is 2. The zero-order chi connectivity index (χ0) is 12.0. The van der Waals surface area contributed by atoms with Gasteiger partial charge in [-0.2, -0.15) is 4.98 Å². The Labute approximate surface area is 93.4 Å². The predicted molar refractivity (Wildman–Crippen MR) is 59.2 cm³/mol. The Morgan fingerprint density at radius 2 is 2.12 bits per heavy atom. The van der Waals surface area contributed by atoms with Crippen molar-refractivity contribution in [2.45, 2.75) is 0 Å². The molecule has 0 saturated heterocycles. The summed E-state index contributed by atoms with van der Waals surface area (Å²) in [5.41, 5.74) is -1.04. The maximum atomic E-state index is 12.0. The lowest BCUT2D eigenvalue weighted by atomic mass is 10.3. The number of fused-ring (bicyclic) bond motifs is 2. The van der Waals surface area contributed by atoms with E-state index in [0.29, 0.717) is 5.65 Å². The molecule has 0 fully saturated rings. The molecule has 0 spiro atoms. The van der Waals surface area contributed by atoms with Crippen LogP contribution in [0, 0.1) is 0 Å². The van der Waals surface area contributed by atoms with Gasteiger partial charge < -0.3 is 9.52 Å². The Hall–Kier alpha value is -2.63. The molecule has 3 aromatic rings. The number of nitrogens with zero attached hydrogens (tertiary/aromatic N) is 2. The number of hydrogen-bond acceptors (Lipinski definition) is 5. The standard InChI is InChI=1S/C11H6N2O4/c14-6-5-8(15)17-10-9(6)11(16)13-4-2-1-3-7(13)12-10/h1-5,14H. The normalized spacial score (nSPS) is 11.1. The van der Waals surface area contributed by atoms with Crippen LogP contribution in [0.3, 0.4) is 0 Å². The minimum absolute atomic E-state index is 0.103. The predicted octanol–water partition coefficient (Wildman–Crippen LogP) is 0.506. The van der Waals surface area contributed by atoms with Gasteiger partial charge in [-0.15, -0.1) is 0 Å². The third-order valence-electron chi connectivity index (χ3n) is 2.41. The largest absolute Gasteiger partial charge is 0.507 e. The van der Waals surface area contributed by atoms with Gasteiger partial charge in [0.15, 0.2) is 0 Å². The van der Waals surface area contributed by atoms with Gasteiger partial charge in [-0.3, -0.25) is 9.20 Å². The van der Waals surface area contributed by atoms with Gasteiger partial charge in [0.25, 0.3) is 5.56 Å². The first-order valence-electron chi connectivity index (χ1n) is 4.81. The summed E-state index contributed by atoms with van der Waals surface area (Å²) < 4.78 is 6.06. The third kappa shape index (κ3) is 1.31. The molecule has 0 saturated carbocycles. The highest BCUT2D eigenvalue weighted by molar-refractivity contribution is 5.80. The fraction of sp³-hybridized carbons (Fsp3) is 0. The fourth-order valence-corrected chi connectivity index (χ4v) is 1.67. The zero-order valence-electron chi connectivity index (χ0n) is 8.45. The Morgan fingerprint density at radius 1 is 1.29 bits per heavy atom. The minimum Gasteiger partial charge on any atom is -0.507 e. The van der Waals surface area contributed by atoms with Crippen molar-refractivity contribution in [3.8, 4) is 5.75 Å². The maximum Gasteiger partial charge on any atom is 0.341 e. The molecule has 0 aliphatic rings. The fourth-order valence-electron chi connectivity index (χ4n) is 1.67. The van der Waals surface area contributed by atoms with E-state index >= 15 is 0 Å². The molecule has 0 radical (unpaired) electrons. The van der Waals surface area contributed by atoms with E-state index < -0.39 is 16.9 Å². The molecule has 0 aliphatic carbocycles. The summed E-state index contributed by atoms with van der Waals surface area (Å²) in [5.74, 6) is -0.424. The van der Waals surface area contributed by atoms with E-state index in [4.69, 9.17) is 4.42 Å². The first-order chi connectivity index (χ1) is 8.16. The smallest absolute Gasteiger partial charge is 0.341 e. The summed E-state index contributed by atoms with van der Waals surface area (Å²) in [6, 6.07) is 5.82.